The Morgan fingerprint density at radius 2 is 1.78 bits per heavy atom. The molecule has 2 aromatic carbocycles. The van der Waals surface area contributed by atoms with Crippen molar-refractivity contribution in [2.45, 2.75) is 13.8 Å². The Bertz CT molecular complexity index is 984. The summed E-state index contributed by atoms with van der Waals surface area (Å²) in [4.78, 5) is 20.6. The molecule has 0 spiro atoms. The van der Waals surface area contributed by atoms with Crippen LogP contribution in [0, 0.1) is 13.8 Å². The third-order valence-corrected chi connectivity index (χ3v) is 5.42. The van der Waals surface area contributed by atoms with Gasteiger partial charge in [0.2, 0.25) is 0 Å². The summed E-state index contributed by atoms with van der Waals surface area (Å²) in [6.45, 7) is 7.09. The van der Waals surface area contributed by atoms with E-state index in [0.29, 0.717) is 18.8 Å². The zero-order chi connectivity index (χ0) is 19.0. The van der Waals surface area contributed by atoms with Gasteiger partial charge in [-0.2, -0.15) is 0 Å². The number of aromatic amines is 1. The molecule has 1 aliphatic rings. The van der Waals surface area contributed by atoms with Gasteiger partial charge in [-0.1, -0.05) is 23.8 Å². The number of hydrogen-bond donors (Lipinski definition) is 1. The normalized spacial score (nSPS) is 14.6. The van der Waals surface area contributed by atoms with Gasteiger partial charge in [0.25, 0.3) is 5.91 Å². The van der Waals surface area contributed by atoms with E-state index in [9.17, 15) is 4.79 Å². The van der Waals surface area contributed by atoms with Crippen molar-refractivity contribution in [2.75, 3.05) is 38.2 Å². The van der Waals surface area contributed by atoms with E-state index in [0.717, 1.165) is 41.0 Å². The van der Waals surface area contributed by atoms with Gasteiger partial charge >= 0.3 is 0 Å². The van der Waals surface area contributed by atoms with Crippen LogP contribution in [0.2, 0.25) is 0 Å². The van der Waals surface area contributed by atoms with Crippen molar-refractivity contribution in [3.8, 4) is 5.75 Å². The maximum absolute atomic E-state index is 13.1. The van der Waals surface area contributed by atoms with Crippen molar-refractivity contribution in [2.24, 2.45) is 0 Å². The number of aryl methyl sites for hydroxylation is 2. The van der Waals surface area contributed by atoms with Crippen LogP contribution in [0.4, 0.5) is 5.69 Å². The molecule has 1 aliphatic heterocycles. The van der Waals surface area contributed by atoms with E-state index in [1.54, 1.807) is 7.11 Å². The first kappa shape index (κ1) is 17.5. The summed E-state index contributed by atoms with van der Waals surface area (Å²) in [5.74, 6) is 0.958. The number of anilines is 1. The highest BCUT2D eigenvalue weighted by molar-refractivity contribution is 6.01. The fourth-order valence-electron chi connectivity index (χ4n) is 3.85. The molecule has 0 radical (unpaired) electrons. The Labute approximate surface area is 159 Å². The number of H-pyrrole nitrogens is 1. The zero-order valence-electron chi connectivity index (χ0n) is 16.1. The van der Waals surface area contributed by atoms with Crippen molar-refractivity contribution in [3.63, 3.8) is 0 Å². The molecular weight excluding hydrogens is 338 g/mol. The first-order chi connectivity index (χ1) is 13.1. The molecule has 27 heavy (non-hydrogen) atoms. The van der Waals surface area contributed by atoms with Crippen LogP contribution in [-0.2, 0) is 0 Å². The summed E-state index contributed by atoms with van der Waals surface area (Å²) in [6, 6.07) is 14.3. The van der Waals surface area contributed by atoms with Crippen molar-refractivity contribution in [1.29, 1.82) is 0 Å². The lowest BCUT2D eigenvalue weighted by molar-refractivity contribution is 0.0741. The summed E-state index contributed by atoms with van der Waals surface area (Å²) < 4.78 is 5.47. The number of carbonyl (C=O) groups is 1. The number of hydrogen-bond acceptors (Lipinski definition) is 3. The molecule has 1 saturated heterocycles. The molecule has 5 heteroatoms. The van der Waals surface area contributed by atoms with Crippen molar-refractivity contribution in [1.82, 2.24) is 9.88 Å². The number of amides is 1. The number of aromatic nitrogens is 1. The quantitative estimate of drug-likeness (QED) is 0.771. The molecule has 0 atom stereocenters. The number of piperazine rings is 1. The molecule has 0 bridgehead atoms. The van der Waals surface area contributed by atoms with Gasteiger partial charge in [-0.05, 0) is 43.7 Å². The lowest BCUT2D eigenvalue weighted by Gasteiger charge is -2.36. The van der Waals surface area contributed by atoms with Gasteiger partial charge in [0.15, 0.2) is 0 Å². The summed E-state index contributed by atoms with van der Waals surface area (Å²) in [6.07, 6.45) is 0. The number of nitrogens with zero attached hydrogens (tertiary/aromatic N) is 2. The van der Waals surface area contributed by atoms with Crippen molar-refractivity contribution >= 4 is 22.5 Å². The molecule has 0 unspecified atom stereocenters. The maximum atomic E-state index is 13.1. The highest BCUT2D eigenvalue weighted by atomic mass is 16.5. The first-order valence-corrected chi connectivity index (χ1v) is 9.34. The summed E-state index contributed by atoms with van der Waals surface area (Å²) >= 11 is 0. The summed E-state index contributed by atoms with van der Waals surface area (Å²) in [7, 11) is 1.69. The molecule has 4 rings (SSSR count). The first-order valence-electron chi connectivity index (χ1n) is 9.34. The van der Waals surface area contributed by atoms with Gasteiger partial charge in [-0.3, -0.25) is 4.79 Å². The number of ether oxygens (including phenoxy) is 1. The largest absolute Gasteiger partial charge is 0.495 e. The average Bonchev–Trinajstić information content (AvgIpc) is 3.03. The van der Waals surface area contributed by atoms with Crippen LogP contribution in [0.15, 0.2) is 42.5 Å². The SMILES string of the molecule is COc1ccccc1N1CCN(C(=O)c2[nH]c3ccc(C)cc3c2C)CC1. The molecule has 1 N–H and O–H groups in total. The lowest BCUT2D eigenvalue weighted by atomic mass is 10.1. The van der Waals surface area contributed by atoms with Gasteiger partial charge in [0.1, 0.15) is 11.4 Å². The predicted octanol–water partition coefficient (Wildman–Crippen LogP) is 3.76. The number of carbonyl (C=O) groups excluding carboxylic acids is 1. The van der Waals surface area contributed by atoms with Crippen molar-refractivity contribution in [3.05, 3.63) is 59.3 Å². The number of rotatable bonds is 3. The summed E-state index contributed by atoms with van der Waals surface area (Å²) in [5, 5.41) is 1.13. The molecule has 0 saturated carbocycles. The van der Waals surface area contributed by atoms with E-state index in [1.807, 2.05) is 36.1 Å². The van der Waals surface area contributed by atoms with Crippen LogP contribution >= 0.6 is 0 Å². The van der Waals surface area contributed by atoms with E-state index in [4.69, 9.17) is 4.74 Å². The van der Waals surface area contributed by atoms with E-state index in [-0.39, 0.29) is 5.91 Å². The minimum Gasteiger partial charge on any atom is -0.495 e. The van der Waals surface area contributed by atoms with E-state index < -0.39 is 0 Å². The topological polar surface area (TPSA) is 48.6 Å². The minimum absolute atomic E-state index is 0.0843. The van der Waals surface area contributed by atoms with E-state index in [2.05, 4.69) is 35.0 Å². The van der Waals surface area contributed by atoms with E-state index >= 15 is 0 Å². The maximum Gasteiger partial charge on any atom is 0.270 e. The Kier molecular flexibility index (Phi) is 4.52. The highest BCUT2D eigenvalue weighted by Crippen LogP contribution is 2.29. The number of para-hydroxylation sites is 2. The second kappa shape index (κ2) is 6.99. The molecule has 1 amide bonds. The predicted molar refractivity (Wildman–Crippen MR) is 109 cm³/mol. The zero-order valence-corrected chi connectivity index (χ0v) is 16.1. The van der Waals surface area contributed by atoms with Crippen LogP contribution in [0.5, 0.6) is 5.75 Å². The number of methoxy groups -OCH3 is 1. The third kappa shape index (κ3) is 3.14. The van der Waals surface area contributed by atoms with Gasteiger partial charge in [-0.25, -0.2) is 0 Å². The Hall–Kier alpha value is -2.95. The summed E-state index contributed by atoms with van der Waals surface area (Å²) in [5.41, 5.74) is 5.06. The standard InChI is InChI=1S/C22H25N3O2/c1-15-8-9-18-17(14-15)16(2)21(23-18)22(26)25-12-10-24(11-13-25)19-6-4-5-7-20(19)27-3/h4-9,14,23H,10-13H2,1-3H3. The Morgan fingerprint density at radius 3 is 2.52 bits per heavy atom. The molecule has 5 nitrogen and oxygen atoms in total. The smallest absolute Gasteiger partial charge is 0.270 e. The van der Waals surface area contributed by atoms with Crippen LogP contribution < -0.4 is 9.64 Å². The average molecular weight is 363 g/mol. The van der Waals surface area contributed by atoms with Gasteiger partial charge < -0.3 is 19.5 Å². The fraction of sp³-hybridized carbons (Fsp3) is 0.318. The molecule has 1 aromatic heterocycles. The number of benzene rings is 2. The molecule has 1 fully saturated rings. The van der Waals surface area contributed by atoms with Crippen LogP contribution in [0.25, 0.3) is 10.9 Å². The number of fused-ring (bicyclic) bond motifs is 1. The monoisotopic (exact) mass is 363 g/mol. The Morgan fingerprint density at radius 1 is 1.04 bits per heavy atom. The molecule has 0 aliphatic carbocycles. The molecule has 140 valence electrons. The fourth-order valence-corrected chi connectivity index (χ4v) is 3.85. The van der Waals surface area contributed by atoms with Crippen LogP contribution in [0.3, 0.4) is 0 Å². The van der Waals surface area contributed by atoms with Gasteiger partial charge in [0, 0.05) is 37.1 Å². The third-order valence-electron chi connectivity index (χ3n) is 5.42. The Balaban J connectivity index is 1.51. The van der Waals surface area contributed by atoms with Crippen LogP contribution in [-0.4, -0.2) is 49.1 Å². The van der Waals surface area contributed by atoms with Gasteiger partial charge in [-0.15, -0.1) is 0 Å². The molecular formula is C22H25N3O2. The minimum atomic E-state index is 0.0843. The lowest BCUT2D eigenvalue weighted by Crippen LogP contribution is -2.49. The molecule has 2 heterocycles. The van der Waals surface area contributed by atoms with Gasteiger partial charge in [0.05, 0.1) is 12.8 Å². The molecule has 3 aromatic rings. The second-order valence-electron chi connectivity index (χ2n) is 7.13. The van der Waals surface area contributed by atoms with Crippen LogP contribution in [0.1, 0.15) is 21.6 Å². The van der Waals surface area contributed by atoms with Crippen molar-refractivity contribution < 1.29 is 9.53 Å². The highest BCUT2D eigenvalue weighted by Gasteiger charge is 2.26. The number of nitrogens with one attached hydrogen (secondary N) is 1. The second-order valence-corrected chi connectivity index (χ2v) is 7.13. The van der Waals surface area contributed by atoms with E-state index in [1.165, 1.54) is 5.56 Å².